The summed E-state index contributed by atoms with van der Waals surface area (Å²) in [6.07, 6.45) is 6.62. The maximum absolute atomic E-state index is 10.6. The third-order valence-corrected chi connectivity index (χ3v) is 5.25. The fourth-order valence-electron chi connectivity index (χ4n) is 3.79. The van der Waals surface area contributed by atoms with Crippen LogP contribution in [0.15, 0.2) is 24.3 Å². The van der Waals surface area contributed by atoms with Crippen LogP contribution in [-0.4, -0.2) is 21.0 Å². The standard InChI is InChI=1S/C18H26N2O/c1-3-13-8-10-14(11-9-13)18(21)12-16-15-6-4-5-7-17(15)20(2)19-16/h4-7,13-14,18,21H,3,8-12H2,1-2H3. The van der Waals surface area contributed by atoms with Gasteiger partial charge in [0.1, 0.15) is 0 Å². The average molecular weight is 286 g/mol. The van der Waals surface area contributed by atoms with Crippen molar-refractivity contribution < 1.29 is 5.11 Å². The predicted molar refractivity (Wildman–Crippen MR) is 86.2 cm³/mol. The van der Waals surface area contributed by atoms with Gasteiger partial charge >= 0.3 is 0 Å². The maximum Gasteiger partial charge on any atom is 0.0729 e. The highest BCUT2D eigenvalue weighted by molar-refractivity contribution is 5.81. The minimum absolute atomic E-state index is 0.249. The van der Waals surface area contributed by atoms with E-state index in [9.17, 15) is 5.11 Å². The first-order chi connectivity index (χ1) is 10.2. The van der Waals surface area contributed by atoms with Gasteiger partial charge in [-0.05, 0) is 30.7 Å². The molecule has 0 saturated heterocycles. The zero-order chi connectivity index (χ0) is 14.8. The van der Waals surface area contributed by atoms with E-state index in [-0.39, 0.29) is 6.10 Å². The molecule has 1 N–H and O–H groups in total. The lowest BCUT2D eigenvalue weighted by Gasteiger charge is -2.30. The van der Waals surface area contributed by atoms with Gasteiger partial charge in [0.15, 0.2) is 0 Å². The molecule has 2 aromatic rings. The van der Waals surface area contributed by atoms with Gasteiger partial charge in [-0.1, -0.05) is 44.4 Å². The Kier molecular flexibility index (Phi) is 4.29. The van der Waals surface area contributed by atoms with E-state index in [1.165, 1.54) is 37.5 Å². The summed E-state index contributed by atoms with van der Waals surface area (Å²) in [5, 5.41) is 16.4. The van der Waals surface area contributed by atoms with Crippen LogP contribution >= 0.6 is 0 Å². The number of rotatable bonds is 4. The van der Waals surface area contributed by atoms with Crippen molar-refractivity contribution >= 4 is 10.9 Å². The number of aryl methyl sites for hydroxylation is 1. The molecule has 1 saturated carbocycles. The molecule has 1 heterocycles. The SMILES string of the molecule is CCC1CCC(C(O)Cc2nn(C)c3ccccc23)CC1. The van der Waals surface area contributed by atoms with Gasteiger partial charge in [-0.15, -0.1) is 0 Å². The molecular weight excluding hydrogens is 260 g/mol. The summed E-state index contributed by atoms with van der Waals surface area (Å²) in [5.74, 6) is 1.33. The molecule has 1 aromatic carbocycles. The molecule has 3 heteroatoms. The summed E-state index contributed by atoms with van der Waals surface area (Å²) in [6, 6.07) is 8.28. The molecule has 114 valence electrons. The summed E-state index contributed by atoms with van der Waals surface area (Å²) < 4.78 is 1.92. The first-order valence-electron chi connectivity index (χ1n) is 8.27. The lowest BCUT2D eigenvalue weighted by molar-refractivity contribution is 0.0729. The van der Waals surface area contributed by atoms with Gasteiger partial charge in [-0.3, -0.25) is 4.68 Å². The summed E-state index contributed by atoms with van der Waals surface area (Å²) >= 11 is 0. The molecule has 1 fully saturated rings. The van der Waals surface area contributed by atoms with Crippen molar-refractivity contribution in [2.24, 2.45) is 18.9 Å². The molecule has 0 radical (unpaired) electrons. The molecule has 0 spiro atoms. The van der Waals surface area contributed by atoms with Crippen molar-refractivity contribution in [3.63, 3.8) is 0 Å². The van der Waals surface area contributed by atoms with E-state index in [2.05, 4.69) is 24.2 Å². The zero-order valence-electron chi connectivity index (χ0n) is 13.1. The van der Waals surface area contributed by atoms with Gasteiger partial charge in [0.2, 0.25) is 0 Å². The van der Waals surface area contributed by atoms with E-state index < -0.39 is 0 Å². The molecule has 1 aliphatic rings. The molecule has 1 unspecified atom stereocenters. The fourth-order valence-corrected chi connectivity index (χ4v) is 3.79. The van der Waals surface area contributed by atoms with Gasteiger partial charge in [-0.2, -0.15) is 5.10 Å². The predicted octanol–water partition coefficient (Wildman–Crippen LogP) is 3.69. The Morgan fingerprint density at radius 3 is 2.67 bits per heavy atom. The Labute approximate surface area is 127 Å². The van der Waals surface area contributed by atoms with Crippen LogP contribution in [0.4, 0.5) is 0 Å². The second kappa shape index (κ2) is 6.18. The van der Waals surface area contributed by atoms with E-state index >= 15 is 0 Å². The van der Waals surface area contributed by atoms with Crippen molar-refractivity contribution in [3.05, 3.63) is 30.0 Å². The Morgan fingerprint density at radius 1 is 1.24 bits per heavy atom. The minimum atomic E-state index is -0.249. The molecule has 0 bridgehead atoms. The second-order valence-corrected chi connectivity index (χ2v) is 6.55. The van der Waals surface area contributed by atoms with Crippen LogP contribution in [0, 0.1) is 11.8 Å². The first-order valence-corrected chi connectivity index (χ1v) is 8.27. The summed E-state index contributed by atoms with van der Waals surface area (Å²) in [5.41, 5.74) is 2.19. The van der Waals surface area contributed by atoms with Gasteiger partial charge in [-0.25, -0.2) is 0 Å². The molecule has 3 rings (SSSR count). The highest BCUT2D eigenvalue weighted by Gasteiger charge is 2.26. The Hall–Kier alpha value is -1.35. The van der Waals surface area contributed by atoms with Gasteiger partial charge in [0.25, 0.3) is 0 Å². The maximum atomic E-state index is 10.6. The molecule has 21 heavy (non-hydrogen) atoms. The van der Waals surface area contributed by atoms with E-state index in [4.69, 9.17) is 0 Å². The van der Waals surface area contributed by atoms with Crippen LogP contribution in [0.5, 0.6) is 0 Å². The van der Waals surface area contributed by atoms with Crippen LogP contribution in [0.25, 0.3) is 10.9 Å². The number of aliphatic hydroxyl groups excluding tert-OH is 1. The smallest absolute Gasteiger partial charge is 0.0729 e. The number of benzene rings is 1. The highest BCUT2D eigenvalue weighted by atomic mass is 16.3. The first kappa shape index (κ1) is 14.6. The molecular formula is C18H26N2O. The van der Waals surface area contributed by atoms with Crippen molar-refractivity contribution in [2.75, 3.05) is 0 Å². The fraction of sp³-hybridized carbons (Fsp3) is 0.611. The van der Waals surface area contributed by atoms with E-state index in [1.54, 1.807) is 0 Å². The quantitative estimate of drug-likeness (QED) is 0.930. The van der Waals surface area contributed by atoms with E-state index in [0.29, 0.717) is 12.3 Å². The summed E-state index contributed by atoms with van der Waals surface area (Å²) in [7, 11) is 1.98. The minimum Gasteiger partial charge on any atom is -0.392 e. The molecule has 1 aromatic heterocycles. The largest absolute Gasteiger partial charge is 0.392 e. The molecule has 0 amide bonds. The Morgan fingerprint density at radius 2 is 1.95 bits per heavy atom. The van der Waals surface area contributed by atoms with Crippen LogP contribution in [-0.2, 0) is 13.5 Å². The van der Waals surface area contributed by atoms with Crippen LogP contribution < -0.4 is 0 Å². The van der Waals surface area contributed by atoms with Gasteiger partial charge < -0.3 is 5.11 Å². The van der Waals surface area contributed by atoms with E-state index in [0.717, 1.165) is 17.1 Å². The molecule has 1 aliphatic carbocycles. The molecule has 3 nitrogen and oxygen atoms in total. The Bertz CT molecular complexity index is 596. The number of aliphatic hydroxyl groups is 1. The number of fused-ring (bicyclic) bond motifs is 1. The number of nitrogens with zero attached hydrogens (tertiary/aromatic N) is 2. The summed E-state index contributed by atoms with van der Waals surface area (Å²) in [6.45, 7) is 2.28. The second-order valence-electron chi connectivity index (χ2n) is 6.55. The topological polar surface area (TPSA) is 38.1 Å². The number of para-hydroxylation sites is 1. The van der Waals surface area contributed by atoms with Crippen LogP contribution in [0.1, 0.15) is 44.7 Å². The van der Waals surface area contributed by atoms with Crippen LogP contribution in [0.3, 0.4) is 0 Å². The third-order valence-electron chi connectivity index (χ3n) is 5.25. The van der Waals surface area contributed by atoms with Gasteiger partial charge in [0, 0.05) is 18.9 Å². The molecule has 1 atom stereocenters. The van der Waals surface area contributed by atoms with Crippen molar-refractivity contribution in [3.8, 4) is 0 Å². The Balaban J connectivity index is 1.70. The number of aromatic nitrogens is 2. The van der Waals surface area contributed by atoms with Crippen molar-refractivity contribution in [1.82, 2.24) is 9.78 Å². The highest BCUT2D eigenvalue weighted by Crippen LogP contribution is 2.33. The zero-order valence-corrected chi connectivity index (χ0v) is 13.1. The molecule has 0 aliphatic heterocycles. The number of hydrogen-bond donors (Lipinski definition) is 1. The summed E-state index contributed by atoms with van der Waals surface area (Å²) in [4.78, 5) is 0. The van der Waals surface area contributed by atoms with Crippen LogP contribution in [0.2, 0.25) is 0 Å². The van der Waals surface area contributed by atoms with Crippen molar-refractivity contribution in [1.29, 1.82) is 0 Å². The van der Waals surface area contributed by atoms with Gasteiger partial charge in [0.05, 0.1) is 17.3 Å². The third kappa shape index (κ3) is 2.98. The lowest BCUT2D eigenvalue weighted by atomic mass is 9.77. The average Bonchev–Trinajstić information content (AvgIpc) is 2.84. The monoisotopic (exact) mass is 286 g/mol. The van der Waals surface area contributed by atoms with Crippen molar-refractivity contribution in [2.45, 2.75) is 51.6 Å². The lowest BCUT2D eigenvalue weighted by Crippen LogP contribution is -2.27. The normalized spacial score (nSPS) is 24.3. The number of hydrogen-bond acceptors (Lipinski definition) is 2. The van der Waals surface area contributed by atoms with E-state index in [1.807, 2.05) is 23.9 Å².